The third-order valence-corrected chi connectivity index (χ3v) is 3.49. The molecule has 106 valence electrons. The molecule has 4 nitrogen and oxygen atoms in total. The smallest absolute Gasteiger partial charge is 0.365 e. The highest BCUT2D eigenvalue weighted by Crippen LogP contribution is 2.28. The zero-order chi connectivity index (χ0) is 14.8. The van der Waals surface area contributed by atoms with Crippen LogP contribution in [0.25, 0.3) is 11.1 Å². The van der Waals surface area contributed by atoms with Crippen molar-refractivity contribution in [2.24, 2.45) is 0 Å². The van der Waals surface area contributed by atoms with Crippen molar-refractivity contribution in [2.75, 3.05) is 0 Å². The van der Waals surface area contributed by atoms with Crippen LogP contribution in [0.5, 0.6) is 5.75 Å². The second-order valence-corrected chi connectivity index (χ2v) is 5.07. The van der Waals surface area contributed by atoms with Gasteiger partial charge in [0.1, 0.15) is 17.8 Å². The van der Waals surface area contributed by atoms with Crippen LogP contribution < -0.4 is 4.74 Å². The van der Waals surface area contributed by atoms with Crippen LogP contribution in [0.2, 0.25) is 0 Å². The van der Waals surface area contributed by atoms with Crippen molar-refractivity contribution in [3.05, 3.63) is 58.7 Å². The van der Waals surface area contributed by atoms with Gasteiger partial charge in [-0.25, -0.2) is 14.2 Å². The fourth-order valence-electron chi connectivity index (χ4n) is 1.83. The van der Waals surface area contributed by atoms with Gasteiger partial charge in [-0.3, -0.25) is 0 Å². The van der Waals surface area contributed by atoms with Crippen LogP contribution in [0.4, 0.5) is 4.39 Å². The highest BCUT2D eigenvalue weighted by molar-refractivity contribution is 7.08. The van der Waals surface area contributed by atoms with Gasteiger partial charge in [-0.1, -0.05) is 0 Å². The van der Waals surface area contributed by atoms with E-state index in [-0.39, 0.29) is 11.4 Å². The first-order valence-electron chi connectivity index (χ1n) is 6.10. The number of halogens is 1. The Balaban J connectivity index is 1.81. The highest BCUT2D eigenvalue weighted by Gasteiger charge is 2.14. The summed E-state index contributed by atoms with van der Waals surface area (Å²) in [6.07, 6.45) is 1.20. The van der Waals surface area contributed by atoms with Gasteiger partial charge in [0.25, 0.3) is 0 Å². The number of carbonyl (C=O) groups excluding carboxylic acids is 1. The van der Waals surface area contributed by atoms with E-state index in [4.69, 9.17) is 9.15 Å². The first-order chi connectivity index (χ1) is 10.1. The van der Waals surface area contributed by atoms with Crippen molar-refractivity contribution in [1.29, 1.82) is 0 Å². The molecule has 0 saturated carbocycles. The van der Waals surface area contributed by atoms with Gasteiger partial charge in [0.05, 0.1) is 0 Å². The molecule has 2 heterocycles. The van der Waals surface area contributed by atoms with Crippen molar-refractivity contribution in [1.82, 2.24) is 4.98 Å². The Morgan fingerprint density at radius 1 is 1.38 bits per heavy atom. The molecule has 0 spiro atoms. The van der Waals surface area contributed by atoms with E-state index in [1.54, 1.807) is 19.1 Å². The van der Waals surface area contributed by atoms with Crippen molar-refractivity contribution < 1.29 is 18.3 Å². The number of hydrogen-bond donors (Lipinski definition) is 0. The first kappa shape index (κ1) is 13.5. The second kappa shape index (κ2) is 5.49. The normalized spacial score (nSPS) is 10.6. The molecule has 0 aliphatic heterocycles. The number of esters is 1. The highest BCUT2D eigenvalue weighted by atomic mass is 32.1. The molecule has 0 unspecified atom stereocenters. The Labute approximate surface area is 123 Å². The SMILES string of the molecule is Cc1nc(C(=O)Oc2ccc(-c3ccsc3)c(F)c2)co1. The number of oxazole rings is 1. The Morgan fingerprint density at radius 2 is 2.24 bits per heavy atom. The minimum absolute atomic E-state index is 0.0508. The fourth-order valence-corrected chi connectivity index (χ4v) is 2.48. The van der Waals surface area contributed by atoms with E-state index in [1.807, 2.05) is 16.8 Å². The molecule has 0 saturated heterocycles. The molecular weight excluding hydrogens is 293 g/mol. The number of aryl methyl sites for hydroxylation is 1. The summed E-state index contributed by atoms with van der Waals surface area (Å²) < 4.78 is 24.0. The van der Waals surface area contributed by atoms with Gasteiger partial charge in [0, 0.05) is 18.6 Å². The largest absolute Gasteiger partial charge is 0.448 e. The lowest BCUT2D eigenvalue weighted by Gasteiger charge is -2.05. The number of ether oxygens (including phenoxy) is 1. The van der Waals surface area contributed by atoms with E-state index in [1.165, 1.54) is 23.7 Å². The summed E-state index contributed by atoms with van der Waals surface area (Å²) in [5.74, 6) is -0.650. The minimum Gasteiger partial charge on any atom is -0.448 e. The molecule has 0 N–H and O–H groups in total. The second-order valence-electron chi connectivity index (χ2n) is 4.29. The molecule has 0 radical (unpaired) electrons. The molecule has 1 aromatic carbocycles. The van der Waals surface area contributed by atoms with Gasteiger partial charge in [0.15, 0.2) is 11.6 Å². The first-order valence-corrected chi connectivity index (χ1v) is 7.04. The van der Waals surface area contributed by atoms with Gasteiger partial charge in [-0.15, -0.1) is 0 Å². The number of hydrogen-bond acceptors (Lipinski definition) is 5. The van der Waals surface area contributed by atoms with Crippen LogP contribution in [0.1, 0.15) is 16.4 Å². The molecule has 6 heteroatoms. The van der Waals surface area contributed by atoms with Gasteiger partial charge >= 0.3 is 5.97 Å². The predicted molar refractivity (Wildman–Crippen MR) is 75.9 cm³/mol. The van der Waals surface area contributed by atoms with Crippen molar-refractivity contribution in [2.45, 2.75) is 6.92 Å². The maximum Gasteiger partial charge on any atom is 0.365 e. The number of rotatable bonds is 3. The van der Waals surface area contributed by atoms with Gasteiger partial charge in [0.2, 0.25) is 0 Å². The Bertz CT molecular complexity index is 780. The van der Waals surface area contributed by atoms with E-state index in [0.717, 1.165) is 5.56 Å². The summed E-state index contributed by atoms with van der Waals surface area (Å²) in [5.41, 5.74) is 1.31. The minimum atomic E-state index is -0.686. The number of benzene rings is 1. The molecular formula is C15H10FNO3S. The van der Waals surface area contributed by atoms with Crippen LogP contribution in [0.3, 0.4) is 0 Å². The topological polar surface area (TPSA) is 52.3 Å². The third-order valence-electron chi connectivity index (χ3n) is 2.81. The summed E-state index contributed by atoms with van der Waals surface area (Å²) in [5, 5.41) is 3.72. The predicted octanol–water partition coefficient (Wildman–Crippen LogP) is 4.07. The Kier molecular flexibility index (Phi) is 3.53. The lowest BCUT2D eigenvalue weighted by atomic mass is 10.1. The standard InChI is InChI=1S/C15H10FNO3S/c1-9-17-14(7-19-9)15(18)20-11-2-3-12(13(16)6-11)10-4-5-21-8-10/h2-8H,1H3. The summed E-state index contributed by atoms with van der Waals surface area (Å²) in [4.78, 5) is 15.6. The zero-order valence-electron chi connectivity index (χ0n) is 11.0. The number of nitrogens with zero attached hydrogens (tertiary/aromatic N) is 1. The monoisotopic (exact) mass is 303 g/mol. The van der Waals surface area contributed by atoms with Gasteiger partial charge < -0.3 is 9.15 Å². The number of carbonyl (C=O) groups is 1. The van der Waals surface area contributed by atoms with Crippen LogP contribution in [-0.2, 0) is 0 Å². The average molecular weight is 303 g/mol. The van der Waals surface area contributed by atoms with Gasteiger partial charge in [-0.2, -0.15) is 11.3 Å². The van der Waals surface area contributed by atoms with Crippen LogP contribution in [-0.4, -0.2) is 11.0 Å². The average Bonchev–Trinajstić information content (AvgIpc) is 3.10. The lowest BCUT2D eigenvalue weighted by Crippen LogP contribution is -2.09. The van der Waals surface area contributed by atoms with E-state index < -0.39 is 11.8 Å². The maximum atomic E-state index is 14.0. The van der Waals surface area contributed by atoms with E-state index in [9.17, 15) is 9.18 Å². The molecule has 0 fully saturated rings. The van der Waals surface area contributed by atoms with E-state index >= 15 is 0 Å². The van der Waals surface area contributed by atoms with E-state index in [2.05, 4.69) is 4.98 Å². The molecule has 0 amide bonds. The molecule has 3 rings (SSSR count). The molecule has 0 aliphatic rings. The summed E-state index contributed by atoms with van der Waals surface area (Å²) in [7, 11) is 0. The molecule has 2 aromatic heterocycles. The number of aromatic nitrogens is 1. The fraction of sp³-hybridized carbons (Fsp3) is 0.0667. The Hall–Kier alpha value is -2.47. The summed E-state index contributed by atoms with van der Waals surface area (Å²) in [6, 6.07) is 6.12. The van der Waals surface area contributed by atoms with Crippen molar-refractivity contribution in [3.63, 3.8) is 0 Å². The van der Waals surface area contributed by atoms with Crippen molar-refractivity contribution >= 4 is 17.3 Å². The molecule has 0 atom stereocenters. The van der Waals surface area contributed by atoms with Crippen LogP contribution >= 0.6 is 11.3 Å². The van der Waals surface area contributed by atoms with Crippen LogP contribution in [0.15, 0.2) is 45.7 Å². The number of thiophene rings is 1. The molecule has 3 aromatic rings. The molecule has 0 bridgehead atoms. The maximum absolute atomic E-state index is 14.0. The lowest BCUT2D eigenvalue weighted by molar-refractivity contribution is 0.0728. The Morgan fingerprint density at radius 3 is 2.86 bits per heavy atom. The van der Waals surface area contributed by atoms with Gasteiger partial charge in [-0.05, 0) is 34.5 Å². The summed E-state index contributed by atoms with van der Waals surface area (Å²) in [6.45, 7) is 1.62. The molecule has 0 aliphatic carbocycles. The van der Waals surface area contributed by atoms with Crippen molar-refractivity contribution in [3.8, 4) is 16.9 Å². The van der Waals surface area contributed by atoms with E-state index in [0.29, 0.717) is 11.5 Å². The molecule has 21 heavy (non-hydrogen) atoms. The summed E-state index contributed by atoms with van der Waals surface area (Å²) >= 11 is 1.49. The zero-order valence-corrected chi connectivity index (χ0v) is 11.8. The quantitative estimate of drug-likeness (QED) is 0.540. The van der Waals surface area contributed by atoms with Crippen LogP contribution in [0, 0.1) is 12.7 Å². The third kappa shape index (κ3) is 2.85.